The molecule has 1 N–H and O–H groups in total. The second-order valence-electron chi connectivity index (χ2n) is 2.01. The maximum atomic E-state index is 12.3. The fourth-order valence-corrected chi connectivity index (χ4v) is 0.726. The summed E-state index contributed by atoms with van der Waals surface area (Å²) in [6.07, 6.45) is 0.472. The summed E-state index contributed by atoms with van der Waals surface area (Å²) in [7, 11) is 0. The van der Waals surface area contributed by atoms with E-state index in [1.807, 2.05) is 0 Å². The van der Waals surface area contributed by atoms with Crippen molar-refractivity contribution in [3.8, 4) is 0 Å². The molecule has 0 heterocycles. The number of aliphatic hydroxyl groups excluding tert-OH is 1. The highest BCUT2D eigenvalue weighted by molar-refractivity contribution is 5.16. The summed E-state index contributed by atoms with van der Waals surface area (Å²) in [5.41, 5.74) is 0.906. The van der Waals surface area contributed by atoms with Crippen molar-refractivity contribution < 1.29 is 9.50 Å². The average molecular weight is 139 g/mol. The fraction of sp³-hybridized carbons (Fsp3) is 0.125. The van der Waals surface area contributed by atoms with Crippen LogP contribution in [0.4, 0.5) is 4.39 Å². The van der Waals surface area contributed by atoms with Crippen LogP contribution in [-0.4, -0.2) is 5.11 Å². The molecule has 0 aliphatic heterocycles. The lowest BCUT2D eigenvalue weighted by atomic mass is 10.2. The molecular formula is C8H8FO. The van der Waals surface area contributed by atoms with Crippen LogP contribution in [0.5, 0.6) is 0 Å². The van der Waals surface area contributed by atoms with Crippen LogP contribution in [0.15, 0.2) is 24.3 Å². The Morgan fingerprint density at radius 3 is 2.40 bits per heavy atom. The van der Waals surface area contributed by atoms with Gasteiger partial charge in [0.05, 0.1) is 6.61 Å². The molecule has 1 aromatic rings. The van der Waals surface area contributed by atoms with Gasteiger partial charge in [-0.25, -0.2) is 4.39 Å². The van der Waals surface area contributed by atoms with E-state index in [-0.39, 0.29) is 5.82 Å². The fourth-order valence-electron chi connectivity index (χ4n) is 0.726. The average Bonchev–Trinajstić information content (AvgIpc) is 1.95. The van der Waals surface area contributed by atoms with Gasteiger partial charge in [0.2, 0.25) is 0 Å². The third-order valence-electron chi connectivity index (χ3n) is 1.24. The van der Waals surface area contributed by atoms with Crippen molar-refractivity contribution in [2.24, 2.45) is 0 Å². The van der Waals surface area contributed by atoms with Crippen molar-refractivity contribution in [1.82, 2.24) is 0 Å². The highest BCUT2D eigenvalue weighted by atomic mass is 19.1. The van der Waals surface area contributed by atoms with Crippen LogP contribution >= 0.6 is 0 Å². The lowest BCUT2D eigenvalue weighted by Gasteiger charge is -1.94. The molecule has 0 aliphatic rings. The second-order valence-corrected chi connectivity index (χ2v) is 2.01. The van der Waals surface area contributed by atoms with Gasteiger partial charge in [0.15, 0.2) is 0 Å². The standard InChI is InChI=1S/C8H8FO/c9-8-3-1-7(2-4-8)5-6-10/h1-4,6,10H,5H2. The van der Waals surface area contributed by atoms with Gasteiger partial charge in [-0.2, -0.15) is 0 Å². The van der Waals surface area contributed by atoms with Crippen molar-refractivity contribution in [2.45, 2.75) is 6.42 Å². The molecule has 0 saturated heterocycles. The van der Waals surface area contributed by atoms with Gasteiger partial charge >= 0.3 is 0 Å². The maximum absolute atomic E-state index is 12.3. The minimum Gasteiger partial charge on any atom is -0.390 e. The highest BCUT2D eigenvalue weighted by Crippen LogP contribution is 2.03. The summed E-state index contributed by atoms with van der Waals surface area (Å²) in [5.74, 6) is -0.248. The molecule has 2 heteroatoms. The predicted octanol–water partition coefficient (Wildman–Crippen LogP) is 1.90. The Hall–Kier alpha value is -0.890. The van der Waals surface area contributed by atoms with Gasteiger partial charge in [-0.05, 0) is 17.7 Å². The molecule has 0 amide bonds. The topological polar surface area (TPSA) is 20.2 Å². The number of rotatable bonds is 2. The van der Waals surface area contributed by atoms with Crippen molar-refractivity contribution in [3.05, 3.63) is 42.3 Å². The number of hydrogen-bond donors (Lipinski definition) is 1. The van der Waals surface area contributed by atoms with Crippen LogP contribution in [0.2, 0.25) is 0 Å². The van der Waals surface area contributed by atoms with E-state index in [9.17, 15) is 4.39 Å². The molecule has 0 saturated carbocycles. The summed E-state index contributed by atoms with van der Waals surface area (Å²) >= 11 is 0. The molecule has 10 heavy (non-hydrogen) atoms. The number of benzene rings is 1. The Bertz CT molecular complexity index is 193. The summed E-state index contributed by atoms with van der Waals surface area (Å²) in [5, 5.41) is 8.37. The van der Waals surface area contributed by atoms with Crippen LogP contribution < -0.4 is 0 Å². The highest BCUT2D eigenvalue weighted by Gasteiger charge is 1.91. The first-order valence-electron chi connectivity index (χ1n) is 3.03. The largest absolute Gasteiger partial charge is 0.390 e. The van der Waals surface area contributed by atoms with E-state index in [0.717, 1.165) is 12.2 Å². The lowest BCUT2D eigenvalue weighted by molar-refractivity contribution is 0.385. The molecule has 0 spiro atoms. The van der Waals surface area contributed by atoms with E-state index in [1.54, 1.807) is 12.1 Å². The SMILES string of the molecule is O[CH]Cc1ccc(F)cc1. The van der Waals surface area contributed by atoms with Gasteiger partial charge in [-0.15, -0.1) is 0 Å². The molecule has 1 aromatic carbocycles. The van der Waals surface area contributed by atoms with Crippen LogP contribution in [0.3, 0.4) is 0 Å². The monoisotopic (exact) mass is 139 g/mol. The molecule has 0 aliphatic carbocycles. The zero-order valence-corrected chi connectivity index (χ0v) is 5.42. The van der Waals surface area contributed by atoms with Crippen molar-refractivity contribution in [3.63, 3.8) is 0 Å². The third-order valence-corrected chi connectivity index (χ3v) is 1.24. The first-order chi connectivity index (χ1) is 4.83. The lowest BCUT2D eigenvalue weighted by Crippen LogP contribution is -1.84. The van der Waals surface area contributed by atoms with Gasteiger partial charge in [0.25, 0.3) is 0 Å². The number of hydrogen-bond acceptors (Lipinski definition) is 1. The zero-order valence-electron chi connectivity index (χ0n) is 5.42. The molecule has 0 aromatic heterocycles. The Kier molecular flexibility index (Phi) is 2.40. The first-order valence-corrected chi connectivity index (χ1v) is 3.03. The maximum Gasteiger partial charge on any atom is 0.123 e. The van der Waals surface area contributed by atoms with Crippen molar-refractivity contribution >= 4 is 0 Å². The quantitative estimate of drug-likeness (QED) is 0.663. The molecule has 0 fully saturated rings. The van der Waals surface area contributed by atoms with E-state index in [2.05, 4.69) is 0 Å². The van der Waals surface area contributed by atoms with Gasteiger partial charge in [-0.3, -0.25) is 0 Å². The van der Waals surface area contributed by atoms with E-state index in [1.165, 1.54) is 12.1 Å². The van der Waals surface area contributed by atoms with Gasteiger partial charge in [0.1, 0.15) is 5.82 Å². The summed E-state index contributed by atoms with van der Waals surface area (Å²) in [6.45, 7) is 1.05. The van der Waals surface area contributed by atoms with Crippen LogP contribution in [0, 0.1) is 12.4 Å². The minimum atomic E-state index is -0.248. The number of halogens is 1. The van der Waals surface area contributed by atoms with E-state index in [4.69, 9.17) is 5.11 Å². The smallest absolute Gasteiger partial charge is 0.123 e. The summed E-state index contributed by atoms with van der Waals surface area (Å²) in [6, 6.07) is 6.03. The molecule has 1 rings (SSSR count). The van der Waals surface area contributed by atoms with Crippen LogP contribution in [0.25, 0.3) is 0 Å². The summed E-state index contributed by atoms with van der Waals surface area (Å²) < 4.78 is 12.3. The Labute approximate surface area is 59.1 Å². The molecule has 1 nitrogen and oxygen atoms in total. The Morgan fingerprint density at radius 2 is 1.90 bits per heavy atom. The van der Waals surface area contributed by atoms with Gasteiger partial charge in [0, 0.05) is 6.42 Å². The van der Waals surface area contributed by atoms with E-state index >= 15 is 0 Å². The van der Waals surface area contributed by atoms with Gasteiger partial charge < -0.3 is 5.11 Å². The van der Waals surface area contributed by atoms with Crippen LogP contribution in [0.1, 0.15) is 5.56 Å². The number of aliphatic hydroxyl groups is 1. The normalized spacial score (nSPS) is 9.80. The molecule has 0 unspecified atom stereocenters. The molecule has 0 atom stereocenters. The first kappa shape index (κ1) is 7.22. The molecule has 1 radical (unpaired) electrons. The van der Waals surface area contributed by atoms with Gasteiger partial charge in [-0.1, -0.05) is 12.1 Å². The van der Waals surface area contributed by atoms with E-state index < -0.39 is 0 Å². The van der Waals surface area contributed by atoms with E-state index in [0.29, 0.717) is 6.42 Å². The predicted molar refractivity (Wildman–Crippen MR) is 36.3 cm³/mol. The Balaban J connectivity index is 2.69. The van der Waals surface area contributed by atoms with Crippen molar-refractivity contribution in [2.75, 3.05) is 0 Å². The third kappa shape index (κ3) is 1.81. The molecule has 0 bridgehead atoms. The molecule has 53 valence electrons. The Morgan fingerprint density at radius 1 is 1.30 bits per heavy atom. The minimum absolute atomic E-state index is 0.248. The molecular weight excluding hydrogens is 131 g/mol. The van der Waals surface area contributed by atoms with Crippen LogP contribution in [-0.2, 0) is 6.42 Å². The second kappa shape index (κ2) is 3.32. The summed E-state index contributed by atoms with van der Waals surface area (Å²) in [4.78, 5) is 0. The zero-order chi connectivity index (χ0) is 7.40. The van der Waals surface area contributed by atoms with Crippen molar-refractivity contribution in [1.29, 1.82) is 0 Å².